The van der Waals surface area contributed by atoms with Gasteiger partial charge in [-0.15, -0.1) is 0 Å². The second-order valence-corrected chi connectivity index (χ2v) is 4.46. The zero-order chi connectivity index (χ0) is 11.7. The minimum absolute atomic E-state index is 0.364. The van der Waals surface area contributed by atoms with Crippen LogP contribution in [-0.2, 0) is 0 Å². The van der Waals surface area contributed by atoms with Gasteiger partial charge in [-0.3, -0.25) is 0 Å². The summed E-state index contributed by atoms with van der Waals surface area (Å²) in [7, 11) is 2.10. The van der Waals surface area contributed by atoms with Crippen LogP contribution in [0, 0.1) is 17.2 Å². The molecular weight excluding hydrogens is 186 g/mol. The fourth-order valence-electron chi connectivity index (χ4n) is 1.55. The molecule has 0 aliphatic carbocycles. The van der Waals surface area contributed by atoms with Gasteiger partial charge < -0.3 is 10.2 Å². The number of nitrogens with one attached hydrogen (secondary N) is 1. The van der Waals surface area contributed by atoms with Gasteiger partial charge in [-0.25, -0.2) is 0 Å². The normalized spacial score (nSPS) is 14.9. The van der Waals surface area contributed by atoms with E-state index >= 15 is 0 Å². The summed E-state index contributed by atoms with van der Waals surface area (Å²) in [5.41, 5.74) is 0. The quantitative estimate of drug-likeness (QED) is 0.623. The molecule has 1 N–H and O–H groups in total. The molecule has 0 aromatic rings. The molecule has 15 heavy (non-hydrogen) atoms. The topological polar surface area (TPSA) is 39.1 Å². The molecule has 3 heteroatoms. The lowest BCUT2D eigenvalue weighted by Gasteiger charge is -2.26. The lowest BCUT2D eigenvalue weighted by Crippen LogP contribution is -2.36. The summed E-state index contributed by atoms with van der Waals surface area (Å²) in [6.07, 6.45) is 1.80. The van der Waals surface area contributed by atoms with E-state index in [2.05, 4.69) is 44.1 Å². The molecule has 0 aliphatic heterocycles. The Hall–Kier alpha value is -0.590. The maximum Gasteiger partial charge on any atom is 0.0638 e. The summed E-state index contributed by atoms with van der Waals surface area (Å²) in [5.74, 6) is 0.641. The van der Waals surface area contributed by atoms with E-state index in [4.69, 9.17) is 5.26 Å². The van der Waals surface area contributed by atoms with E-state index in [1.807, 2.05) is 0 Å². The SMILES string of the molecule is CCCNCC(C)CN(C)C(C)CC#N. The van der Waals surface area contributed by atoms with Gasteiger partial charge in [0.05, 0.1) is 12.5 Å². The molecule has 0 rings (SSSR count). The van der Waals surface area contributed by atoms with Crippen molar-refractivity contribution in [2.75, 3.05) is 26.7 Å². The Kier molecular flexibility index (Phi) is 8.35. The van der Waals surface area contributed by atoms with Crippen molar-refractivity contribution in [3.05, 3.63) is 0 Å². The predicted octanol–water partition coefficient (Wildman–Crippen LogP) is 1.86. The Bertz CT molecular complexity index is 186. The number of hydrogen-bond donors (Lipinski definition) is 1. The molecule has 2 atom stereocenters. The van der Waals surface area contributed by atoms with Crippen molar-refractivity contribution in [1.82, 2.24) is 10.2 Å². The van der Waals surface area contributed by atoms with E-state index in [-0.39, 0.29) is 0 Å². The van der Waals surface area contributed by atoms with Crippen LogP contribution in [0.1, 0.15) is 33.6 Å². The maximum absolute atomic E-state index is 8.60. The minimum Gasteiger partial charge on any atom is -0.316 e. The standard InChI is InChI=1S/C12H25N3/c1-5-8-14-9-11(2)10-15(4)12(3)6-7-13/h11-12,14H,5-6,8-10H2,1-4H3. The third-order valence-electron chi connectivity index (χ3n) is 2.66. The van der Waals surface area contributed by atoms with Crippen LogP contribution >= 0.6 is 0 Å². The third kappa shape index (κ3) is 7.35. The zero-order valence-corrected chi connectivity index (χ0v) is 10.6. The van der Waals surface area contributed by atoms with Gasteiger partial charge in [0.2, 0.25) is 0 Å². The third-order valence-corrected chi connectivity index (χ3v) is 2.66. The summed E-state index contributed by atoms with van der Waals surface area (Å²) >= 11 is 0. The van der Waals surface area contributed by atoms with Crippen molar-refractivity contribution in [2.45, 2.75) is 39.7 Å². The maximum atomic E-state index is 8.60. The summed E-state index contributed by atoms with van der Waals surface area (Å²) in [4.78, 5) is 2.27. The first-order valence-electron chi connectivity index (χ1n) is 5.89. The predicted molar refractivity (Wildman–Crippen MR) is 64.6 cm³/mol. The van der Waals surface area contributed by atoms with Crippen LogP contribution in [0.15, 0.2) is 0 Å². The molecule has 0 aromatic heterocycles. The van der Waals surface area contributed by atoms with Gasteiger partial charge in [0.25, 0.3) is 0 Å². The Morgan fingerprint density at radius 2 is 2.07 bits per heavy atom. The van der Waals surface area contributed by atoms with Gasteiger partial charge in [-0.05, 0) is 39.4 Å². The molecule has 0 bridgehead atoms. The van der Waals surface area contributed by atoms with Crippen LogP contribution in [0.4, 0.5) is 0 Å². The van der Waals surface area contributed by atoms with Crippen molar-refractivity contribution >= 4 is 0 Å². The smallest absolute Gasteiger partial charge is 0.0638 e. The molecule has 0 radical (unpaired) electrons. The lowest BCUT2D eigenvalue weighted by molar-refractivity contribution is 0.224. The summed E-state index contributed by atoms with van der Waals surface area (Å²) in [6.45, 7) is 9.76. The zero-order valence-electron chi connectivity index (χ0n) is 10.6. The van der Waals surface area contributed by atoms with Crippen LogP contribution in [-0.4, -0.2) is 37.6 Å². The largest absolute Gasteiger partial charge is 0.316 e. The fourth-order valence-corrected chi connectivity index (χ4v) is 1.55. The summed E-state index contributed by atoms with van der Waals surface area (Å²) in [5, 5.41) is 12.0. The van der Waals surface area contributed by atoms with Crippen molar-refractivity contribution in [3.8, 4) is 6.07 Å². The van der Waals surface area contributed by atoms with Crippen molar-refractivity contribution in [1.29, 1.82) is 5.26 Å². The van der Waals surface area contributed by atoms with Gasteiger partial charge in [-0.2, -0.15) is 5.26 Å². The Morgan fingerprint density at radius 3 is 2.60 bits per heavy atom. The minimum atomic E-state index is 0.364. The Balaban J connectivity index is 3.66. The highest BCUT2D eigenvalue weighted by atomic mass is 15.1. The van der Waals surface area contributed by atoms with Crippen molar-refractivity contribution in [2.24, 2.45) is 5.92 Å². The average molecular weight is 211 g/mol. The average Bonchev–Trinajstić information content (AvgIpc) is 2.18. The lowest BCUT2D eigenvalue weighted by atomic mass is 10.1. The van der Waals surface area contributed by atoms with Crippen molar-refractivity contribution < 1.29 is 0 Å². The Labute approximate surface area is 94.5 Å². The van der Waals surface area contributed by atoms with E-state index in [0.717, 1.165) is 19.6 Å². The molecule has 0 aliphatic rings. The number of hydrogen-bond acceptors (Lipinski definition) is 3. The molecule has 0 aromatic carbocycles. The van der Waals surface area contributed by atoms with E-state index in [1.54, 1.807) is 0 Å². The van der Waals surface area contributed by atoms with E-state index in [0.29, 0.717) is 18.4 Å². The van der Waals surface area contributed by atoms with Crippen LogP contribution in [0.2, 0.25) is 0 Å². The molecule has 0 saturated carbocycles. The van der Waals surface area contributed by atoms with Crippen LogP contribution < -0.4 is 5.32 Å². The first-order chi connectivity index (χ1) is 7.11. The summed E-state index contributed by atoms with van der Waals surface area (Å²) < 4.78 is 0. The monoisotopic (exact) mass is 211 g/mol. The Morgan fingerprint density at radius 1 is 1.40 bits per heavy atom. The van der Waals surface area contributed by atoms with Gasteiger partial charge in [0.15, 0.2) is 0 Å². The number of nitriles is 1. The highest BCUT2D eigenvalue weighted by Crippen LogP contribution is 2.04. The molecule has 0 spiro atoms. The van der Waals surface area contributed by atoms with E-state index < -0.39 is 0 Å². The van der Waals surface area contributed by atoms with Gasteiger partial charge >= 0.3 is 0 Å². The number of nitrogens with zero attached hydrogens (tertiary/aromatic N) is 2. The molecule has 0 fully saturated rings. The first kappa shape index (κ1) is 14.4. The molecule has 3 nitrogen and oxygen atoms in total. The first-order valence-corrected chi connectivity index (χ1v) is 5.89. The second-order valence-electron chi connectivity index (χ2n) is 4.46. The number of rotatable bonds is 8. The van der Waals surface area contributed by atoms with Gasteiger partial charge in [0, 0.05) is 12.6 Å². The molecule has 0 amide bonds. The highest BCUT2D eigenvalue weighted by Gasteiger charge is 2.11. The molecule has 0 saturated heterocycles. The van der Waals surface area contributed by atoms with Crippen LogP contribution in [0.5, 0.6) is 0 Å². The van der Waals surface area contributed by atoms with E-state index in [9.17, 15) is 0 Å². The molecular formula is C12H25N3. The van der Waals surface area contributed by atoms with E-state index in [1.165, 1.54) is 6.42 Å². The molecule has 2 unspecified atom stereocenters. The molecule has 0 heterocycles. The molecule has 88 valence electrons. The van der Waals surface area contributed by atoms with Crippen molar-refractivity contribution in [3.63, 3.8) is 0 Å². The van der Waals surface area contributed by atoms with Crippen LogP contribution in [0.3, 0.4) is 0 Å². The summed E-state index contributed by atoms with van der Waals surface area (Å²) in [6, 6.07) is 2.58. The van der Waals surface area contributed by atoms with Gasteiger partial charge in [0.1, 0.15) is 0 Å². The van der Waals surface area contributed by atoms with Gasteiger partial charge in [-0.1, -0.05) is 13.8 Å². The second kappa shape index (κ2) is 8.70. The van der Waals surface area contributed by atoms with Crippen LogP contribution in [0.25, 0.3) is 0 Å². The fraction of sp³-hybridized carbons (Fsp3) is 0.917. The highest BCUT2D eigenvalue weighted by molar-refractivity contribution is 4.79.